The number of ketones is 1. The zero-order chi connectivity index (χ0) is 18.1. The van der Waals surface area contributed by atoms with Gasteiger partial charge in [0.25, 0.3) is 0 Å². The summed E-state index contributed by atoms with van der Waals surface area (Å²) in [4.78, 5) is 23.4. The van der Waals surface area contributed by atoms with Crippen molar-refractivity contribution >= 4 is 17.6 Å². The van der Waals surface area contributed by atoms with E-state index in [0.29, 0.717) is 5.69 Å². The summed E-state index contributed by atoms with van der Waals surface area (Å²) in [7, 11) is 1.51. The highest BCUT2D eigenvalue weighted by atomic mass is 16.4. The fourth-order valence-electron chi connectivity index (χ4n) is 2.11. The first kappa shape index (κ1) is 17.9. The number of hydrogen-bond donors (Lipinski definition) is 1. The Morgan fingerprint density at radius 3 is 1.40 bits per heavy atom. The van der Waals surface area contributed by atoms with Gasteiger partial charge in [0.2, 0.25) is 0 Å². The molecule has 0 fully saturated rings. The predicted octanol–water partition coefficient (Wildman–Crippen LogP) is 4.72. The SMILES string of the molecule is CN(C(=O)O)c1ccccc1.O=C(c1ccccc1)c1ccccc1. The molecule has 3 aromatic rings. The largest absolute Gasteiger partial charge is 0.465 e. The Hall–Kier alpha value is -3.40. The van der Waals surface area contributed by atoms with Gasteiger partial charge in [-0.25, -0.2) is 4.79 Å². The number of carbonyl (C=O) groups excluding carboxylic acids is 1. The number of rotatable bonds is 3. The normalized spacial score (nSPS) is 9.48. The maximum atomic E-state index is 11.8. The molecule has 0 radical (unpaired) electrons. The Morgan fingerprint density at radius 2 is 1.04 bits per heavy atom. The average Bonchev–Trinajstić information content (AvgIpc) is 2.69. The minimum atomic E-state index is -0.948. The molecule has 0 atom stereocenters. The molecule has 0 saturated carbocycles. The number of anilines is 1. The molecule has 0 unspecified atom stereocenters. The van der Waals surface area contributed by atoms with Crippen molar-refractivity contribution < 1.29 is 14.7 Å². The van der Waals surface area contributed by atoms with Crippen LogP contribution in [0.5, 0.6) is 0 Å². The van der Waals surface area contributed by atoms with E-state index in [0.717, 1.165) is 11.1 Å². The lowest BCUT2D eigenvalue weighted by Crippen LogP contribution is -2.23. The predicted molar refractivity (Wildman–Crippen MR) is 99.2 cm³/mol. The fourth-order valence-corrected chi connectivity index (χ4v) is 2.11. The van der Waals surface area contributed by atoms with Gasteiger partial charge in [0.1, 0.15) is 0 Å². The lowest BCUT2D eigenvalue weighted by molar-refractivity contribution is 0.103. The van der Waals surface area contributed by atoms with Crippen LogP contribution in [0.3, 0.4) is 0 Å². The van der Waals surface area contributed by atoms with Gasteiger partial charge in [-0.15, -0.1) is 0 Å². The topological polar surface area (TPSA) is 57.6 Å². The number of nitrogens with zero attached hydrogens (tertiary/aromatic N) is 1. The first-order valence-electron chi connectivity index (χ1n) is 7.76. The molecule has 0 saturated heterocycles. The lowest BCUT2D eigenvalue weighted by Gasteiger charge is -2.11. The van der Waals surface area contributed by atoms with Crippen molar-refractivity contribution in [3.05, 3.63) is 102 Å². The van der Waals surface area contributed by atoms with Gasteiger partial charge in [-0.2, -0.15) is 0 Å². The molecular formula is C21H19NO3. The van der Waals surface area contributed by atoms with Crippen LogP contribution in [0.25, 0.3) is 0 Å². The summed E-state index contributed by atoms with van der Waals surface area (Å²) in [6.45, 7) is 0. The van der Waals surface area contributed by atoms with Crippen LogP contribution in [0.4, 0.5) is 10.5 Å². The first-order chi connectivity index (χ1) is 12.1. The molecule has 0 aromatic heterocycles. The quantitative estimate of drug-likeness (QED) is 0.706. The van der Waals surface area contributed by atoms with E-state index < -0.39 is 6.09 Å². The van der Waals surface area contributed by atoms with E-state index in [1.165, 1.54) is 11.9 Å². The van der Waals surface area contributed by atoms with Crippen LogP contribution in [0, 0.1) is 0 Å². The summed E-state index contributed by atoms with van der Waals surface area (Å²) < 4.78 is 0. The third kappa shape index (κ3) is 5.32. The first-order valence-corrected chi connectivity index (χ1v) is 7.76. The van der Waals surface area contributed by atoms with Crippen molar-refractivity contribution in [1.29, 1.82) is 0 Å². The van der Waals surface area contributed by atoms with E-state index in [1.54, 1.807) is 24.3 Å². The van der Waals surface area contributed by atoms with Crippen LogP contribution in [-0.2, 0) is 0 Å². The third-order valence-electron chi connectivity index (χ3n) is 3.50. The average molecular weight is 333 g/mol. The molecule has 4 nitrogen and oxygen atoms in total. The maximum Gasteiger partial charge on any atom is 0.411 e. The second-order valence-corrected chi connectivity index (χ2v) is 5.24. The third-order valence-corrected chi connectivity index (χ3v) is 3.50. The number of amides is 1. The van der Waals surface area contributed by atoms with Gasteiger partial charge in [-0.05, 0) is 12.1 Å². The van der Waals surface area contributed by atoms with Crippen LogP contribution >= 0.6 is 0 Å². The van der Waals surface area contributed by atoms with E-state index in [4.69, 9.17) is 5.11 Å². The van der Waals surface area contributed by atoms with Gasteiger partial charge >= 0.3 is 6.09 Å². The molecule has 3 rings (SSSR count). The molecule has 0 spiro atoms. The Balaban J connectivity index is 0.000000186. The zero-order valence-corrected chi connectivity index (χ0v) is 13.9. The highest BCUT2D eigenvalue weighted by molar-refractivity contribution is 6.08. The molecule has 0 bridgehead atoms. The summed E-state index contributed by atoms with van der Waals surface area (Å²) in [5.41, 5.74) is 2.15. The van der Waals surface area contributed by atoms with E-state index in [2.05, 4.69) is 0 Å². The van der Waals surface area contributed by atoms with Crippen molar-refractivity contribution in [3.8, 4) is 0 Å². The molecule has 25 heavy (non-hydrogen) atoms. The second kappa shape index (κ2) is 9.03. The van der Waals surface area contributed by atoms with Crippen molar-refractivity contribution in [2.24, 2.45) is 0 Å². The van der Waals surface area contributed by atoms with E-state index in [1.807, 2.05) is 66.7 Å². The van der Waals surface area contributed by atoms with Crippen molar-refractivity contribution in [3.63, 3.8) is 0 Å². The Morgan fingerprint density at radius 1 is 0.680 bits per heavy atom. The number of carbonyl (C=O) groups is 2. The number of carboxylic acid groups (broad SMARTS) is 1. The van der Waals surface area contributed by atoms with Crippen molar-refractivity contribution in [2.45, 2.75) is 0 Å². The summed E-state index contributed by atoms with van der Waals surface area (Å²) in [6, 6.07) is 27.5. The molecule has 0 heterocycles. The summed E-state index contributed by atoms with van der Waals surface area (Å²) in [5.74, 6) is 0.0752. The maximum absolute atomic E-state index is 11.8. The minimum absolute atomic E-state index is 0.0752. The van der Waals surface area contributed by atoms with Gasteiger partial charge in [0.05, 0.1) is 0 Å². The summed E-state index contributed by atoms with van der Waals surface area (Å²) in [5, 5.41) is 8.56. The van der Waals surface area contributed by atoms with Gasteiger partial charge in [0, 0.05) is 23.9 Å². The van der Waals surface area contributed by atoms with Crippen LogP contribution in [0.1, 0.15) is 15.9 Å². The smallest absolute Gasteiger partial charge is 0.411 e. The second-order valence-electron chi connectivity index (χ2n) is 5.24. The Kier molecular flexibility index (Phi) is 6.48. The summed E-state index contributed by atoms with van der Waals surface area (Å²) >= 11 is 0. The highest BCUT2D eigenvalue weighted by Crippen LogP contribution is 2.10. The van der Waals surface area contributed by atoms with E-state index in [9.17, 15) is 9.59 Å². The van der Waals surface area contributed by atoms with Crippen LogP contribution in [-0.4, -0.2) is 24.0 Å². The monoisotopic (exact) mass is 333 g/mol. The molecule has 0 aliphatic rings. The van der Waals surface area contributed by atoms with Crippen molar-refractivity contribution in [2.75, 3.05) is 11.9 Å². The van der Waals surface area contributed by atoms with E-state index >= 15 is 0 Å². The van der Waals surface area contributed by atoms with Gasteiger partial charge < -0.3 is 5.11 Å². The molecule has 0 aliphatic heterocycles. The Labute approximate surface area is 147 Å². The number of benzene rings is 3. The molecule has 1 amide bonds. The standard InChI is InChI=1S/C13H10O.C8H9NO2/c14-13(11-7-3-1-4-8-11)12-9-5-2-6-10-12;1-9(8(10)11)7-5-3-2-4-6-7/h1-10H;2-6H,1H3,(H,10,11). The molecule has 1 N–H and O–H groups in total. The van der Waals surface area contributed by atoms with Crippen molar-refractivity contribution in [1.82, 2.24) is 0 Å². The van der Waals surface area contributed by atoms with Gasteiger partial charge in [0.15, 0.2) is 5.78 Å². The number of para-hydroxylation sites is 1. The number of hydrogen-bond acceptors (Lipinski definition) is 2. The zero-order valence-electron chi connectivity index (χ0n) is 13.9. The molecular weight excluding hydrogens is 314 g/mol. The van der Waals surface area contributed by atoms with Crippen LogP contribution in [0.2, 0.25) is 0 Å². The molecule has 4 heteroatoms. The molecule has 3 aromatic carbocycles. The fraction of sp³-hybridized carbons (Fsp3) is 0.0476. The van der Waals surface area contributed by atoms with Gasteiger partial charge in [-0.3, -0.25) is 9.69 Å². The van der Waals surface area contributed by atoms with E-state index in [-0.39, 0.29) is 5.78 Å². The minimum Gasteiger partial charge on any atom is -0.465 e. The Bertz CT molecular complexity index is 761. The summed E-state index contributed by atoms with van der Waals surface area (Å²) in [6.07, 6.45) is -0.948. The molecule has 0 aliphatic carbocycles. The lowest BCUT2D eigenvalue weighted by atomic mass is 10.0. The molecule has 126 valence electrons. The highest BCUT2D eigenvalue weighted by Gasteiger charge is 2.06. The van der Waals surface area contributed by atoms with Crippen LogP contribution < -0.4 is 4.90 Å². The van der Waals surface area contributed by atoms with Crippen LogP contribution in [0.15, 0.2) is 91.0 Å². The van der Waals surface area contributed by atoms with Gasteiger partial charge in [-0.1, -0.05) is 78.9 Å².